The molecule has 0 amide bonds. The number of amidine groups is 1. The molecule has 1 N–H and O–H groups in total. The van der Waals surface area contributed by atoms with E-state index in [0.717, 1.165) is 19.5 Å². The van der Waals surface area contributed by atoms with Gasteiger partial charge in [0, 0.05) is 13.0 Å². The van der Waals surface area contributed by atoms with Crippen LogP contribution in [0.2, 0.25) is 0 Å². The third-order valence-electron chi connectivity index (χ3n) is 2.09. The first-order chi connectivity index (χ1) is 6.11. The third kappa shape index (κ3) is 2.79. The van der Waals surface area contributed by atoms with E-state index < -0.39 is 0 Å². The topological polar surface area (TPSA) is 51.8 Å². The van der Waals surface area contributed by atoms with Crippen molar-refractivity contribution in [3.63, 3.8) is 0 Å². The van der Waals surface area contributed by atoms with Crippen molar-refractivity contribution in [1.82, 2.24) is 4.90 Å². The molecule has 0 fully saturated rings. The summed E-state index contributed by atoms with van der Waals surface area (Å²) in [5, 5.41) is 15.9. The second-order valence-electron chi connectivity index (χ2n) is 3.85. The Balaban J connectivity index is 2.51. The van der Waals surface area contributed by atoms with E-state index >= 15 is 0 Å². The highest BCUT2D eigenvalue weighted by Crippen LogP contribution is 2.11. The summed E-state index contributed by atoms with van der Waals surface area (Å²) in [6, 6.07) is 0. The van der Waals surface area contributed by atoms with Gasteiger partial charge in [-0.3, -0.25) is 5.41 Å². The van der Waals surface area contributed by atoms with Gasteiger partial charge in [-0.25, -0.2) is 0 Å². The fraction of sp³-hybridized carbons (Fsp3) is 0.889. The van der Waals surface area contributed by atoms with Gasteiger partial charge in [-0.2, -0.15) is 10.2 Å². The summed E-state index contributed by atoms with van der Waals surface area (Å²) in [6.45, 7) is 7.81. The first-order valence-electron chi connectivity index (χ1n) is 4.82. The Kier molecular flexibility index (Phi) is 3.39. The van der Waals surface area contributed by atoms with Crippen LogP contribution in [0.15, 0.2) is 10.2 Å². The minimum atomic E-state index is 0.0556. The van der Waals surface area contributed by atoms with E-state index in [1.807, 2.05) is 11.8 Å². The molecule has 0 saturated heterocycles. The van der Waals surface area contributed by atoms with Crippen molar-refractivity contribution in [2.24, 2.45) is 16.1 Å². The van der Waals surface area contributed by atoms with Gasteiger partial charge in [0.2, 0.25) is 0 Å². The van der Waals surface area contributed by atoms with Crippen LogP contribution in [0.5, 0.6) is 0 Å². The molecule has 0 aromatic heterocycles. The molecule has 0 bridgehead atoms. The Hall–Kier alpha value is -0.930. The highest BCUT2D eigenvalue weighted by atomic mass is 15.4. The average Bonchev–Trinajstić information content (AvgIpc) is 2.03. The predicted molar refractivity (Wildman–Crippen MR) is 53.1 cm³/mol. The molecular formula is C9H18N4. The van der Waals surface area contributed by atoms with Crippen LogP contribution in [-0.4, -0.2) is 30.0 Å². The number of hydrogen-bond acceptors (Lipinski definition) is 3. The van der Waals surface area contributed by atoms with E-state index in [1.54, 1.807) is 0 Å². The van der Waals surface area contributed by atoms with Crippen LogP contribution in [0.4, 0.5) is 0 Å². The van der Waals surface area contributed by atoms with Gasteiger partial charge in [-0.05, 0) is 12.8 Å². The SMILES string of the molecule is CC(C)CC(=N)N1CCN=NC1C. The minimum Gasteiger partial charge on any atom is -0.335 e. The molecule has 0 saturated carbocycles. The number of rotatable bonds is 2. The molecule has 0 aromatic rings. The molecule has 1 aliphatic heterocycles. The predicted octanol–water partition coefficient (Wildman–Crippen LogP) is 2.12. The molecule has 0 radical (unpaired) electrons. The molecule has 1 unspecified atom stereocenters. The summed E-state index contributed by atoms with van der Waals surface area (Å²) in [7, 11) is 0. The molecule has 0 aliphatic carbocycles. The van der Waals surface area contributed by atoms with Gasteiger partial charge in [0.05, 0.1) is 12.4 Å². The molecule has 74 valence electrons. The Morgan fingerprint density at radius 2 is 2.31 bits per heavy atom. The standard InChI is InChI=1S/C9H18N4/c1-7(2)6-9(10)13-5-4-11-12-8(13)3/h7-8,10H,4-6H2,1-3H3. The molecule has 1 heterocycles. The molecule has 4 heteroatoms. The van der Waals surface area contributed by atoms with E-state index in [0.29, 0.717) is 11.8 Å². The highest BCUT2D eigenvalue weighted by Gasteiger charge is 2.19. The van der Waals surface area contributed by atoms with Crippen molar-refractivity contribution in [3.05, 3.63) is 0 Å². The molecule has 0 aromatic carbocycles. The van der Waals surface area contributed by atoms with E-state index in [9.17, 15) is 0 Å². The van der Waals surface area contributed by atoms with Crippen LogP contribution < -0.4 is 0 Å². The van der Waals surface area contributed by atoms with Crippen LogP contribution in [0.1, 0.15) is 27.2 Å². The van der Waals surface area contributed by atoms with Gasteiger partial charge in [-0.1, -0.05) is 13.8 Å². The second-order valence-corrected chi connectivity index (χ2v) is 3.85. The zero-order valence-corrected chi connectivity index (χ0v) is 8.62. The monoisotopic (exact) mass is 182 g/mol. The van der Waals surface area contributed by atoms with E-state index in [-0.39, 0.29) is 6.17 Å². The molecule has 1 aliphatic rings. The van der Waals surface area contributed by atoms with Crippen molar-refractivity contribution in [2.75, 3.05) is 13.1 Å². The van der Waals surface area contributed by atoms with Crippen LogP contribution in [0.25, 0.3) is 0 Å². The maximum Gasteiger partial charge on any atom is 0.140 e. The first-order valence-corrected chi connectivity index (χ1v) is 4.82. The largest absolute Gasteiger partial charge is 0.335 e. The number of hydrogen-bond donors (Lipinski definition) is 1. The summed E-state index contributed by atoms with van der Waals surface area (Å²) in [6.07, 6.45) is 0.889. The third-order valence-corrected chi connectivity index (χ3v) is 2.09. The Bertz CT molecular complexity index is 210. The molecular weight excluding hydrogens is 164 g/mol. The summed E-state index contributed by atoms with van der Waals surface area (Å²) in [5.41, 5.74) is 0. The number of nitrogens with zero attached hydrogens (tertiary/aromatic N) is 3. The zero-order chi connectivity index (χ0) is 9.84. The van der Waals surface area contributed by atoms with E-state index in [1.165, 1.54) is 0 Å². The Morgan fingerprint density at radius 1 is 1.62 bits per heavy atom. The highest BCUT2D eigenvalue weighted by molar-refractivity contribution is 5.79. The first kappa shape index (κ1) is 10.2. The van der Waals surface area contributed by atoms with Gasteiger partial charge in [0.15, 0.2) is 0 Å². The number of nitrogens with one attached hydrogen (secondary N) is 1. The van der Waals surface area contributed by atoms with Crippen molar-refractivity contribution < 1.29 is 0 Å². The van der Waals surface area contributed by atoms with Gasteiger partial charge in [-0.15, -0.1) is 0 Å². The Morgan fingerprint density at radius 3 is 2.85 bits per heavy atom. The maximum atomic E-state index is 7.87. The summed E-state index contributed by atoms with van der Waals surface area (Å²) >= 11 is 0. The zero-order valence-electron chi connectivity index (χ0n) is 8.62. The van der Waals surface area contributed by atoms with Gasteiger partial charge in [0.1, 0.15) is 6.17 Å². The van der Waals surface area contributed by atoms with E-state index in [4.69, 9.17) is 5.41 Å². The molecule has 1 atom stereocenters. The summed E-state index contributed by atoms with van der Waals surface area (Å²) in [5.74, 6) is 1.24. The molecule has 4 nitrogen and oxygen atoms in total. The van der Waals surface area contributed by atoms with Crippen LogP contribution in [-0.2, 0) is 0 Å². The van der Waals surface area contributed by atoms with Crippen LogP contribution in [0, 0.1) is 11.3 Å². The minimum absolute atomic E-state index is 0.0556. The van der Waals surface area contributed by atoms with Crippen molar-refractivity contribution >= 4 is 5.84 Å². The lowest BCUT2D eigenvalue weighted by Gasteiger charge is -2.30. The van der Waals surface area contributed by atoms with Gasteiger partial charge < -0.3 is 4.90 Å². The van der Waals surface area contributed by atoms with E-state index in [2.05, 4.69) is 24.1 Å². The van der Waals surface area contributed by atoms with Crippen molar-refractivity contribution in [1.29, 1.82) is 5.41 Å². The van der Waals surface area contributed by atoms with Gasteiger partial charge in [0.25, 0.3) is 0 Å². The smallest absolute Gasteiger partial charge is 0.140 e. The quantitative estimate of drug-likeness (QED) is 0.516. The summed E-state index contributed by atoms with van der Waals surface area (Å²) in [4.78, 5) is 2.02. The van der Waals surface area contributed by atoms with Gasteiger partial charge >= 0.3 is 0 Å². The lowest BCUT2D eigenvalue weighted by molar-refractivity contribution is 0.293. The average molecular weight is 182 g/mol. The van der Waals surface area contributed by atoms with Crippen molar-refractivity contribution in [2.45, 2.75) is 33.4 Å². The molecule has 0 spiro atoms. The maximum absolute atomic E-state index is 7.87. The number of azo groups is 1. The fourth-order valence-electron chi connectivity index (χ4n) is 1.44. The normalized spacial score (nSPS) is 22.5. The molecule has 1 rings (SSSR count). The lowest BCUT2D eigenvalue weighted by atomic mass is 10.1. The lowest BCUT2D eigenvalue weighted by Crippen LogP contribution is -2.41. The summed E-state index contributed by atoms with van der Waals surface area (Å²) < 4.78 is 0. The Labute approximate surface area is 79.5 Å². The van der Waals surface area contributed by atoms with Crippen LogP contribution >= 0.6 is 0 Å². The second kappa shape index (κ2) is 4.35. The van der Waals surface area contributed by atoms with Crippen molar-refractivity contribution in [3.8, 4) is 0 Å². The van der Waals surface area contributed by atoms with Crippen LogP contribution in [0.3, 0.4) is 0 Å². The fourth-order valence-corrected chi connectivity index (χ4v) is 1.44. The molecule has 13 heavy (non-hydrogen) atoms.